The van der Waals surface area contributed by atoms with Gasteiger partial charge in [-0.2, -0.15) is 12.1 Å². The van der Waals surface area contributed by atoms with Crippen LogP contribution in [0, 0.1) is 18.8 Å². The van der Waals surface area contributed by atoms with Gasteiger partial charge in [0, 0.05) is 11.6 Å². The molecule has 0 saturated carbocycles. The summed E-state index contributed by atoms with van der Waals surface area (Å²) in [4.78, 5) is 0. The number of hydrogen-bond acceptors (Lipinski definition) is 1. The second-order valence-electron chi connectivity index (χ2n) is 3.57. The van der Waals surface area contributed by atoms with E-state index in [1.807, 2.05) is 31.2 Å². The van der Waals surface area contributed by atoms with Crippen molar-refractivity contribution in [2.24, 2.45) is 0 Å². The molecule has 0 N–H and O–H groups in total. The third-order valence-electron chi connectivity index (χ3n) is 2.42. The first-order valence-electron chi connectivity index (χ1n) is 5.37. The van der Waals surface area contributed by atoms with Gasteiger partial charge in [0.05, 0.1) is 0 Å². The van der Waals surface area contributed by atoms with E-state index in [0.717, 1.165) is 11.1 Å². The van der Waals surface area contributed by atoms with Gasteiger partial charge in [0.1, 0.15) is 6.61 Å². The van der Waals surface area contributed by atoms with E-state index in [4.69, 9.17) is 4.74 Å². The van der Waals surface area contributed by atoms with Gasteiger partial charge in [-0.3, -0.25) is 4.39 Å². The van der Waals surface area contributed by atoms with Crippen molar-refractivity contribution < 1.29 is 25.5 Å². The van der Waals surface area contributed by atoms with Crippen molar-refractivity contribution >= 4 is 13.6 Å². The van der Waals surface area contributed by atoms with E-state index >= 15 is 0 Å². The number of rotatable bonds is 3. The van der Waals surface area contributed by atoms with Gasteiger partial charge in [-0.05, 0) is 18.1 Å². The predicted octanol–water partition coefficient (Wildman–Crippen LogP) is 4.36. The second kappa shape index (κ2) is 8.39. The van der Waals surface area contributed by atoms with Gasteiger partial charge >= 0.3 is 30.0 Å². The van der Waals surface area contributed by atoms with E-state index in [0.29, 0.717) is 6.61 Å². The monoisotopic (exact) mass is 358 g/mol. The van der Waals surface area contributed by atoms with E-state index in [9.17, 15) is 4.39 Å². The molecule has 0 atom stereocenters. The molecule has 0 aliphatic rings. The Morgan fingerprint density at radius 3 is 2.67 bits per heavy atom. The Morgan fingerprint density at radius 2 is 2.00 bits per heavy atom. The van der Waals surface area contributed by atoms with Crippen LogP contribution in [0.3, 0.4) is 0 Å². The van der Waals surface area contributed by atoms with Gasteiger partial charge in [0.15, 0.2) is 0 Å². The Labute approximate surface area is 123 Å². The van der Waals surface area contributed by atoms with Crippen LogP contribution >= 0.6 is 13.6 Å². The average Bonchev–Trinajstić information content (AvgIpc) is 2.42. The van der Waals surface area contributed by atoms with Crippen LogP contribution in [0.25, 0.3) is 0 Å². The van der Waals surface area contributed by atoms with Crippen LogP contribution in [0.5, 0.6) is 5.75 Å². The summed E-state index contributed by atoms with van der Waals surface area (Å²) in [5.41, 5.74) is 2.21. The Kier molecular flexibility index (Phi) is 7.14. The third kappa shape index (κ3) is 4.51. The summed E-state index contributed by atoms with van der Waals surface area (Å²) in [6.45, 7) is 2.39. The molecule has 90 valence electrons. The van der Waals surface area contributed by atoms with Crippen molar-refractivity contribution in [3.05, 3.63) is 65.5 Å². The zero-order valence-corrected chi connectivity index (χ0v) is 14.7. The third-order valence-corrected chi connectivity index (χ3v) is 2.42. The summed E-state index contributed by atoms with van der Waals surface area (Å²) in [7, 11) is 0. The fourth-order valence-electron chi connectivity index (χ4n) is 1.44. The maximum absolute atomic E-state index is 13.2. The molecule has 2 rings (SSSR count). The molecule has 0 aliphatic heterocycles. The zero-order valence-electron chi connectivity index (χ0n) is 10.1. The van der Waals surface area contributed by atoms with Gasteiger partial charge in [-0.15, -0.1) is 12.1 Å². The van der Waals surface area contributed by atoms with Crippen molar-refractivity contribution in [3.63, 3.8) is 0 Å². The van der Waals surface area contributed by atoms with Gasteiger partial charge in [0.25, 0.3) is 0 Å². The molecule has 0 aromatic heterocycles. The molecule has 0 saturated heterocycles. The van der Waals surface area contributed by atoms with Crippen LogP contribution in [0.4, 0.5) is 4.39 Å². The standard InChI is InChI=1S/C14H12FO.BrH.Zn/c1-11-6-2-3-7-12(11)10-16-14-9-5-4-8-13(14)15;;/h2-3,5-9H,10H2,1H3;1H;/q-1;;+2/p-1. The molecule has 1 nitrogen and oxygen atoms in total. The molecule has 0 spiro atoms. The van der Waals surface area contributed by atoms with Crippen LogP contribution in [-0.2, 0) is 22.9 Å². The van der Waals surface area contributed by atoms with Gasteiger partial charge < -0.3 is 4.74 Å². The molecule has 0 aliphatic carbocycles. The van der Waals surface area contributed by atoms with E-state index in [2.05, 4.69) is 19.7 Å². The zero-order chi connectivity index (χ0) is 13.4. The SMILES string of the molecule is Cc1ccccc1COc1cc[c-]cc1F.[Zn+][Br]. The molecule has 0 radical (unpaired) electrons. The van der Waals surface area contributed by atoms with Crippen molar-refractivity contribution in [1.29, 1.82) is 0 Å². The number of hydrogen-bond donors (Lipinski definition) is 0. The topological polar surface area (TPSA) is 9.23 Å². The molecule has 0 fully saturated rings. The average molecular weight is 361 g/mol. The molecule has 2 aromatic rings. The summed E-state index contributed by atoms with van der Waals surface area (Å²) in [6, 6.07) is 15.0. The molecule has 18 heavy (non-hydrogen) atoms. The Balaban J connectivity index is 0.000000771. The fraction of sp³-hybridized carbons (Fsp3) is 0.143. The number of halogens is 2. The van der Waals surface area contributed by atoms with E-state index in [-0.39, 0.29) is 11.6 Å². The fourth-order valence-corrected chi connectivity index (χ4v) is 1.44. The van der Waals surface area contributed by atoms with Crippen LogP contribution in [0.15, 0.2) is 42.5 Å². The van der Waals surface area contributed by atoms with E-state index in [1.165, 1.54) is 22.4 Å². The number of ether oxygens (including phenoxy) is 1. The Hall–Kier alpha value is -0.727. The molecule has 0 unspecified atom stereocenters. The van der Waals surface area contributed by atoms with Crippen LogP contribution in [-0.4, -0.2) is 0 Å². The Morgan fingerprint density at radius 1 is 1.28 bits per heavy atom. The van der Waals surface area contributed by atoms with Gasteiger partial charge in [-0.1, -0.05) is 24.3 Å². The van der Waals surface area contributed by atoms with Crippen LogP contribution < -0.4 is 4.74 Å². The first-order chi connectivity index (χ1) is 8.77. The first-order valence-corrected chi connectivity index (χ1v) is 12.3. The van der Waals surface area contributed by atoms with Crippen molar-refractivity contribution in [3.8, 4) is 5.75 Å². The van der Waals surface area contributed by atoms with Crippen LogP contribution in [0.1, 0.15) is 11.1 Å². The summed E-state index contributed by atoms with van der Waals surface area (Å²) in [6.07, 6.45) is 0. The molecular weight excluding hydrogens is 348 g/mol. The number of aryl methyl sites for hydroxylation is 1. The maximum atomic E-state index is 13.2. The minimum atomic E-state index is -0.379. The van der Waals surface area contributed by atoms with E-state index in [1.54, 1.807) is 12.1 Å². The molecule has 0 bridgehead atoms. The summed E-state index contributed by atoms with van der Waals surface area (Å²) in [5.74, 6) is -0.113. The minimum absolute atomic E-state index is 0.266. The normalized spacial score (nSPS) is 9.39. The summed E-state index contributed by atoms with van der Waals surface area (Å²) >= 11 is 4.25. The molecular formula is C14H12BrFOZn. The van der Waals surface area contributed by atoms with Crippen LogP contribution in [0.2, 0.25) is 0 Å². The second-order valence-corrected chi connectivity index (χ2v) is 3.57. The molecule has 0 amide bonds. The predicted molar refractivity (Wildman–Crippen MR) is 69.7 cm³/mol. The molecule has 2 aromatic carbocycles. The summed E-state index contributed by atoms with van der Waals surface area (Å²) < 4.78 is 18.6. The van der Waals surface area contributed by atoms with Gasteiger partial charge in [-0.25, -0.2) is 0 Å². The molecule has 0 heterocycles. The first kappa shape index (κ1) is 15.3. The Bertz CT molecular complexity index is 445. The van der Waals surface area contributed by atoms with Crippen molar-refractivity contribution in [2.75, 3.05) is 0 Å². The summed E-state index contributed by atoms with van der Waals surface area (Å²) in [5, 5.41) is 0. The quantitative estimate of drug-likeness (QED) is 0.584. The van der Waals surface area contributed by atoms with E-state index < -0.39 is 0 Å². The van der Waals surface area contributed by atoms with Crippen molar-refractivity contribution in [1.82, 2.24) is 0 Å². The van der Waals surface area contributed by atoms with Gasteiger partial charge in [0.2, 0.25) is 0 Å². The number of benzene rings is 2. The van der Waals surface area contributed by atoms with Crippen molar-refractivity contribution in [2.45, 2.75) is 13.5 Å². The molecule has 4 heteroatoms.